The molecule has 6 nitrogen and oxygen atoms in total. The van der Waals surface area contributed by atoms with Crippen LogP contribution in [0.2, 0.25) is 0 Å². The summed E-state index contributed by atoms with van der Waals surface area (Å²) in [6, 6.07) is 12.9. The first kappa shape index (κ1) is 19.2. The SMILES string of the molecule is COc1ccc(NC(=O)CN(C)Cc2cc(=O)oc3cc4c(cc23)CCC4)cc1. The Kier molecular flexibility index (Phi) is 5.36. The molecule has 6 heteroatoms. The summed E-state index contributed by atoms with van der Waals surface area (Å²) < 4.78 is 10.5. The number of methoxy groups -OCH3 is 1. The molecule has 0 bridgehead atoms. The Hall–Kier alpha value is -3.12. The van der Waals surface area contributed by atoms with E-state index in [1.807, 2.05) is 18.0 Å². The normalized spacial score (nSPS) is 12.9. The lowest BCUT2D eigenvalue weighted by molar-refractivity contribution is -0.117. The molecule has 1 aromatic heterocycles. The number of aryl methyl sites for hydroxylation is 2. The van der Waals surface area contributed by atoms with E-state index in [1.54, 1.807) is 31.4 Å². The minimum atomic E-state index is -0.360. The van der Waals surface area contributed by atoms with E-state index >= 15 is 0 Å². The molecule has 1 heterocycles. The molecule has 4 rings (SSSR count). The summed E-state index contributed by atoms with van der Waals surface area (Å²) in [5.74, 6) is 0.618. The molecule has 0 fully saturated rings. The molecule has 2 aromatic carbocycles. The molecule has 0 saturated heterocycles. The van der Waals surface area contributed by atoms with Gasteiger partial charge in [-0.05, 0) is 79.4 Å². The number of anilines is 1. The summed E-state index contributed by atoms with van der Waals surface area (Å²) in [7, 11) is 3.46. The number of benzene rings is 2. The third kappa shape index (κ3) is 4.32. The molecule has 0 atom stereocenters. The van der Waals surface area contributed by atoms with E-state index in [9.17, 15) is 9.59 Å². The molecular weight excluding hydrogens is 368 g/mol. The second-order valence-electron chi connectivity index (χ2n) is 7.51. The van der Waals surface area contributed by atoms with Gasteiger partial charge in [-0.15, -0.1) is 0 Å². The zero-order valence-electron chi connectivity index (χ0n) is 16.7. The van der Waals surface area contributed by atoms with Gasteiger partial charge in [0.2, 0.25) is 5.91 Å². The molecule has 29 heavy (non-hydrogen) atoms. The molecule has 0 spiro atoms. The molecule has 1 N–H and O–H groups in total. The van der Waals surface area contributed by atoms with Crippen LogP contribution in [0.15, 0.2) is 51.7 Å². The van der Waals surface area contributed by atoms with Crippen molar-refractivity contribution in [2.75, 3.05) is 26.0 Å². The van der Waals surface area contributed by atoms with Crippen molar-refractivity contribution >= 4 is 22.6 Å². The number of nitrogens with zero attached hydrogens (tertiary/aromatic N) is 1. The summed E-state index contributed by atoms with van der Waals surface area (Å²) in [6.07, 6.45) is 3.23. The van der Waals surface area contributed by atoms with Gasteiger partial charge in [-0.25, -0.2) is 4.79 Å². The van der Waals surface area contributed by atoms with E-state index in [0.29, 0.717) is 17.8 Å². The van der Waals surface area contributed by atoms with E-state index < -0.39 is 0 Å². The molecule has 0 unspecified atom stereocenters. The summed E-state index contributed by atoms with van der Waals surface area (Å²) >= 11 is 0. The highest BCUT2D eigenvalue weighted by atomic mass is 16.5. The zero-order chi connectivity index (χ0) is 20.4. The van der Waals surface area contributed by atoms with Crippen molar-refractivity contribution < 1.29 is 13.9 Å². The molecule has 0 radical (unpaired) electrons. The van der Waals surface area contributed by atoms with Crippen LogP contribution >= 0.6 is 0 Å². The van der Waals surface area contributed by atoms with Crippen molar-refractivity contribution in [1.82, 2.24) is 4.90 Å². The number of ether oxygens (including phenoxy) is 1. The monoisotopic (exact) mass is 392 g/mol. The number of rotatable bonds is 6. The summed E-state index contributed by atoms with van der Waals surface area (Å²) in [5, 5.41) is 3.83. The highest BCUT2D eigenvalue weighted by molar-refractivity contribution is 5.92. The van der Waals surface area contributed by atoms with Crippen LogP contribution in [0.5, 0.6) is 5.75 Å². The van der Waals surface area contributed by atoms with Crippen molar-refractivity contribution in [3.63, 3.8) is 0 Å². The first-order valence-electron chi connectivity index (χ1n) is 9.73. The number of amides is 1. The van der Waals surface area contributed by atoms with Crippen LogP contribution in [0.4, 0.5) is 5.69 Å². The van der Waals surface area contributed by atoms with Crippen molar-refractivity contribution in [3.05, 3.63) is 69.6 Å². The lowest BCUT2D eigenvalue weighted by Crippen LogP contribution is -2.30. The van der Waals surface area contributed by atoms with Gasteiger partial charge in [-0.2, -0.15) is 0 Å². The minimum Gasteiger partial charge on any atom is -0.497 e. The molecule has 1 aliphatic rings. The van der Waals surface area contributed by atoms with E-state index in [2.05, 4.69) is 11.4 Å². The van der Waals surface area contributed by atoms with Gasteiger partial charge in [0, 0.05) is 23.7 Å². The fourth-order valence-electron chi connectivity index (χ4n) is 3.89. The molecule has 1 aliphatic carbocycles. The number of carbonyl (C=O) groups is 1. The van der Waals surface area contributed by atoms with Gasteiger partial charge in [-0.1, -0.05) is 0 Å². The molecule has 3 aromatic rings. The molecule has 150 valence electrons. The molecule has 0 saturated carbocycles. The second kappa shape index (κ2) is 8.09. The van der Waals surface area contributed by atoms with Crippen LogP contribution in [0.25, 0.3) is 11.0 Å². The molecule has 0 aliphatic heterocycles. The van der Waals surface area contributed by atoms with Gasteiger partial charge in [0.25, 0.3) is 0 Å². The fourth-order valence-corrected chi connectivity index (χ4v) is 3.89. The number of hydrogen-bond acceptors (Lipinski definition) is 5. The summed E-state index contributed by atoms with van der Waals surface area (Å²) in [5.41, 5.74) is 4.46. The Balaban J connectivity index is 1.47. The van der Waals surface area contributed by atoms with Gasteiger partial charge >= 0.3 is 5.63 Å². The van der Waals surface area contributed by atoms with Gasteiger partial charge < -0.3 is 14.5 Å². The third-order valence-electron chi connectivity index (χ3n) is 5.27. The van der Waals surface area contributed by atoms with Gasteiger partial charge in [-0.3, -0.25) is 9.69 Å². The topological polar surface area (TPSA) is 71.8 Å². The van der Waals surface area contributed by atoms with Crippen LogP contribution < -0.4 is 15.7 Å². The quantitative estimate of drug-likeness (QED) is 0.652. The molecular formula is C23H24N2O4. The van der Waals surface area contributed by atoms with Gasteiger partial charge in [0.05, 0.1) is 13.7 Å². The lowest BCUT2D eigenvalue weighted by Gasteiger charge is -2.17. The minimum absolute atomic E-state index is 0.120. The zero-order valence-corrected chi connectivity index (χ0v) is 16.7. The maximum atomic E-state index is 12.4. The molecule has 1 amide bonds. The number of nitrogens with one attached hydrogen (secondary N) is 1. The highest BCUT2D eigenvalue weighted by Crippen LogP contribution is 2.28. The maximum Gasteiger partial charge on any atom is 0.336 e. The Labute approximate surface area is 169 Å². The van der Waals surface area contributed by atoms with Crippen LogP contribution in [0.1, 0.15) is 23.1 Å². The Morgan fingerprint density at radius 1 is 1.14 bits per heavy atom. The van der Waals surface area contributed by atoms with Gasteiger partial charge in [0.1, 0.15) is 11.3 Å². The van der Waals surface area contributed by atoms with Crippen LogP contribution in [0.3, 0.4) is 0 Å². The van der Waals surface area contributed by atoms with Crippen molar-refractivity contribution in [1.29, 1.82) is 0 Å². The maximum absolute atomic E-state index is 12.4. The van der Waals surface area contributed by atoms with Gasteiger partial charge in [0.15, 0.2) is 0 Å². The predicted molar refractivity (Wildman–Crippen MR) is 112 cm³/mol. The lowest BCUT2D eigenvalue weighted by atomic mass is 10.0. The predicted octanol–water partition coefficient (Wildman–Crippen LogP) is 3.36. The Bertz CT molecular complexity index is 1100. The first-order chi connectivity index (χ1) is 14.0. The largest absolute Gasteiger partial charge is 0.497 e. The van der Waals surface area contributed by atoms with Crippen LogP contribution in [-0.4, -0.2) is 31.5 Å². The van der Waals surface area contributed by atoms with Crippen molar-refractivity contribution in [2.45, 2.75) is 25.8 Å². The van der Waals surface area contributed by atoms with Crippen molar-refractivity contribution in [3.8, 4) is 5.75 Å². The van der Waals surface area contributed by atoms with E-state index in [0.717, 1.165) is 36.0 Å². The standard InChI is InChI=1S/C23H24N2O4/c1-25(14-22(26)24-18-6-8-19(28-2)9-7-18)13-17-12-23(27)29-21-11-16-5-3-4-15(16)10-20(17)21/h6-12H,3-5,13-14H2,1-2H3,(H,24,26). The average Bonchev–Trinajstić information content (AvgIpc) is 3.14. The smallest absolute Gasteiger partial charge is 0.336 e. The highest BCUT2D eigenvalue weighted by Gasteiger charge is 2.16. The van der Waals surface area contributed by atoms with Crippen molar-refractivity contribution in [2.24, 2.45) is 0 Å². The summed E-state index contributed by atoms with van der Waals surface area (Å²) in [6.45, 7) is 0.690. The number of likely N-dealkylation sites (N-methyl/N-ethyl adjacent to an activating group) is 1. The van der Waals surface area contributed by atoms with E-state index in [-0.39, 0.29) is 18.1 Å². The third-order valence-corrected chi connectivity index (χ3v) is 5.27. The Morgan fingerprint density at radius 2 is 1.86 bits per heavy atom. The number of carbonyl (C=O) groups excluding carboxylic acids is 1. The van der Waals surface area contributed by atoms with Crippen LogP contribution in [-0.2, 0) is 24.2 Å². The van der Waals surface area contributed by atoms with E-state index in [4.69, 9.17) is 9.15 Å². The second-order valence-corrected chi connectivity index (χ2v) is 7.51. The average molecular weight is 392 g/mol. The number of hydrogen-bond donors (Lipinski definition) is 1. The first-order valence-corrected chi connectivity index (χ1v) is 9.73. The number of fused-ring (bicyclic) bond motifs is 2. The Morgan fingerprint density at radius 3 is 2.59 bits per heavy atom. The fraction of sp³-hybridized carbons (Fsp3) is 0.304. The van der Waals surface area contributed by atoms with Crippen LogP contribution in [0, 0.1) is 0 Å². The van der Waals surface area contributed by atoms with E-state index in [1.165, 1.54) is 17.2 Å². The summed E-state index contributed by atoms with van der Waals surface area (Å²) in [4.78, 5) is 26.3.